The smallest absolute Gasteiger partial charge is 0.204 e. The van der Waals surface area contributed by atoms with Gasteiger partial charge in [-0.25, -0.2) is 0 Å². The van der Waals surface area contributed by atoms with Crippen LogP contribution in [0.3, 0.4) is 0 Å². The molecule has 0 radical (unpaired) electrons. The predicted molar refractivity (Wildman–Crippen MR) is 140 cm³/mol. The summed E-state index contributed by atoms with van der Waals surface area (Å²) in [6.07, 6.45) is 1.58. The highest BCUT2D eigenvalue weighted by atomic mass is 127. The van der Waals surface area contributed by atoms with Crippen LogP contribution in [-0.2, 0) is 10.8 Å². The van der Waals surface area contributed by atoms with Crippen molar-refractivity contribution in [2.24, 2.45) is 0 Å². The molecule has 0 bridgehead atoms. The molecule has 0 N–H and O–H groups in total. The summed E-state index contributed by atoms with van der Waals surface area (Å²) >= 11 is 2.32. The van der Waals surface area contributed by atoms with Crippen molar-refractivity contribution in [2.75, 3.05) is 21.3 Å². The number of ether oxygens (including phenoxy) is 3. The average Bonchev–Trinajstić information content (AvgIpc) is 2.62. The Kier molecular flexibility index (Phi) is 9.80. The highest BCUT2D eigenvalue weighted by Crippen LogP contribution is 2.43. The van der Waals surface area contributed by atoms with E-state index in [1.807, 2.05) is 6.07 Å². The van der Waals surface area contributed by atoms with Crippen LogP contribution in [0.4, 0.5) is 0 Å². The lowest BCUT2D eigenvalue weighted by molar-refractivity contribution is 0.223. The first kappa shape index (κ1) is 27.3. The molecule has 0 fully saturated rings. The van der Waals surface area contributed by atoms with Crippen molar-refractivity contribution in [3.63, 3.8) is 0 Å². The molecular weight excluding hydrogens is 523 g/mol. The van der Waals surface area contributed by atoms with E-state index in [1.54, 1.807) is 21.3 Å². The summed E-state index contributed by atoms with van der Waals surface area (Å²) in [5, 5.41) is 0.146. The number of hydrogen-bond acceptors (Lipinski definition) is 4. The van der Waals surface area contributed by atoms with Gasteiger partial charge in [0.25, 0.3) is 0 Å². The minimum Gasteiger partial charge on any atom is -0.493 e. The van der Waals surface area contributed by atoms with Gasteiger partial charge < -0.3 is 18.6 Å². The summed E-state index contributed by atoms with van der Waals surface area (Å²) in [5.41, 5.74) is 4.68. The van der Waals surface area contributed by atoms with Crippen molar-refractivity contribution >= 4 is 39.0 Å². The van der Waals surface area contributed by atoms with Crippen LogP contribution in [0.5, 0.6) is 17.2 Å². The van der Waals surface area contributed by atoms with Crippen molar-refractivity contribution in [1.29, 1.82) is 0 Å². The second kappa shape index (κ2) is 10.7. The first-order valence-corrected chi connectivity index (χ1v) is 17.8. The normalized spacial score (nSPS) is 13.3. The van der Waals surface area contributed by atoms with E-state index in [4.69, 9.17) is 18.6 Å². The van der Waals surface area contributed by atoms with Gasteiger partial charge >= 0.3 is 0 Å². The van der Waals surface area contributed by atoms with Gasteiger partial charge in [-0.05, 0) is 65.2 Å². The van der Waals surface area contributed by atoms with Gasteiger partial charge in [-0.15, -0.1) is 5.54 Å². The second-order valence-corrected chi connectivity index (χ2v) is 20.6. The fourth-order valence-electron chi connectivity index (χ4n) is 2.63. The Morgan fingerprint density at radius 3 is 1.97 bits per heavy atom. The Labute approximate surface area is 199 Å². The zero-order chi connectivity index (χ0) is 23.3. The number of methoxy groups -OCH3 is 3. The van der Waals surface area contributed by atoms with E-state index in [9.17, 15) is 0 Å². The van der Waals surface area contributed by atoms with Gasteiger partial charge in [0.1, 0.15) is 14.2 Å². The Hall–Kier alpha value is -0.696. The maximum absolute atomic E-state index is 6.72. The molecule has 0 amide bonds. The molecule has 0 saturated heterocycles. The van der Waals surface area contributed by atoms with E-state index >= 15 is 0 Å². The van der Waals surface area contributed by atoms with Crippen LogP contribution in [0, 0.1) is 15.0 Å². The molecule has 0 aromatic heterocycles. The van der Waals surface area contributed by atoms with E-state index in [0.29, 0.717) is 17.2 Å². The van der Waals surface area contributed by atoms with Crippen LogP contribution in [0.2, 0.25) is 37.8 Å². The van der Waals surface area contributed by atoms with E-state index in [0.717, 1.165) is 22.0 Å². The molecule has 7 heteroatoms. The Morgan fingerprint density at radius 2 is 1.53 bits per heavy atom. The number of benzene rings is 1. The van der Waals surface area contributed by atoms with Crippen LogP contribution >= 0.6 is 22.6 Å². The first-order chi connectivity index (χ1) is 13.7. The average molecular weight is 563 g/mol. The van der Waals surface area contributed by atoms with E-state index in [1.165, 1.54) is 0 Å². The SMILES string of the molecule is COc1cc(CC[C@H](C#C[Si](C)(C)C)O[Si](C)(C)C(C)(C)C)c(I)c(OC)c1OC. The largest absolute Gasteiger partial charge is 0.493 e. The molecule has 4 nitrogen and oxygen atoms in total. The lowest BCUT2D eigenvalue weighted by atomic mass is 10.1. The summed E-state index contributed by atoms with van der Waals surface area (Å²) < 4.78 is 24.4. The number of hydrogen-bond donors (Lipinski definition) is 0. The third kappa shape index (κ3) is 7.47. The lowest BCUT2D eigenvalue weighted by Crippen LogP contribution is -2.43. The number of aryl methyl sites for hydroxylation is 1. The maximum Gasteiger partial charge on any atom is 0.204 e. The standard InChI is InChI=1S/C23H39IO4Si2/c1-23(2,3)30(10,11)28-18(14-15-29(7,8)9)13-12-17-16-19(25-4)21(26-5)22(27-6)20(17)24/h16,18H,12-13H2,1-11H3/t18-/m1/s1. The Balaban J connectivity index is 3.24. The molecule has 0 aliphatic rings. The van der Waals surface area contributed by atoms with Crippen molar-refractivity contribution in [1.82, 2.24) is 0 Å². The van der Waals surface area contributed by atoms with Gasteiger partial charge in [0.15, 0.2) is 19.8 Å². The van der Waals surface area contributed by atoms with E-state index in [-0.39, 0.29) is 11.1 Å². The van der Waals surface area contributed by atoms with Gasteiger partial charge in [-0.2, -0.15) is 0 Å². The minimum absolute atomic E-state index is 0.0764. The molecular formula is C23H39IO4Si2. The van der Waals surface area contributed by atoms with Gasteiger partial charge in [0.2, 0.25) is 5.75 Å². The number of halogens is 1. The van der Waals surface area contributed by atoms with Crippen LogP contribution in [0.25, 0.3) is 0 Å². The molecule has 30 heavy (non-hydrogen) atoms. The van der Waals surface area contributed by atoms with Gasteiger partial charge in [0.05, 0.1) is 24.9 Å². The van der Waals surface area contributed by atoms with E-state index < -0.39 is 16.4 Å². The topological polar surface area (TPSA) is 36.9 Å². The Morgan fingerprint density at radius 1 is 0.967 bits per heavy atom. The molecule has 170 valence electrons. The zero-order valence-electron chi connectivity index (χ0n) is 20.6. The molecule has 1 aromatic rings. The van der Waals surface area contributed by atoms with Crippen molar-refractivity contribution in [3.8, 4) is 28.7 Å². The summed E-state index contributed by atoms with van der Waals surface area (Å²) in [5.74, 6) is 5.51. The van der Waals surface area contributed by atoms with Crippen LogP contribution in [0.1, 0.15) is 32.8 Å². The zero-order valence-corrected chi connectivity index (χ0v) is 24.7. The summed E-state index contributed by atoms with van der Waals surface area (Å²) in [4.78, 5) is 0. The van der Waals surface area contributed by atoms with Gasteiger partial charge in [0, 0.05) is 0 Å². The summed E-state index contributed by atoms with van der Waals surface area (Å²) in [6, 6.07) is 2.04. The number of rotatable bonds is 8. The molecule has 0 saturated carbocycles. The second-order valence-electron chi connectivity index (χ2n) is 10.0. The highest BCUT2D eigenvalue weighted by molar-refractivity contribution is 14.1. The predicted octanol–water partition coefficient (Wildman–Crippen LogP) is 6.52. The highest BCUT2D eigenvalue weighted by Gasteiger charge is 2.39. The van der Waals surface area contributed by atoms with Gasteiger partial charge in [-0.3, -0.25) is 0 Å². The summed E-state index contributed by atoms with van der Waals surface area (Å²) in [6.45, 7) is 18.2. The quantitative estimate of drug-likeness (QED) is 0.205. The molecule has 1 atom stereocenters. The van der Waals surface area contributed by atoms with E-state index in [2.05, 4.69) is 87.6 Å². The molecule has 1 rings (SSSR count). The van der Waals surface area contributed by atoms with Crippen molar-refractivity contribution in [3.05, 3.63) is 15.2 Å². The Bertz CT molecular complexity index is 784. The van der Waals surface area contributed by atoms with Crippen LogP contribution in [-0.4, -0.2) is 43.8 Å². The fraction of sp³-hybridized carbons (Fsp3) is 0.652. The first-order valence-electron chi connectivity index (χ1n) is 10.3. The van der Waals surface area contributed by atoms with Crippen molar-refractivity contribution in [2.45, 2.75) is 77.5 Å². The third-order valence-electron chi connectivity index (χ3n) is 5.37. The fourth-order valence-corrected chi connectivity index (χ4v) is 5.36. The maximum atomic E-state index is 6.72. The third-order valence-corrected chi connectivity index (χ3v) is 11.9. The summed E-state index contributed by atoms with van der Waals surface area (Å²) in [7, 11) is 1.53. The lowest BCUT2D eigenvalue weighted by Gasteiger charge is -2.38. The van der Waals surface area contributed by atoms with Crippen LogP contribution < -0.4 is 14.2 Å². The molecule has 0 spiro atoms. The minimum atomic E-state index is -1.92. The molecule has 1 aromatic carbocycles. The molecule has 0 heterocycles. The van der Waals surface area contributed by atoms with Gasteiger partial charge in [-0.1, -0.05) is 46.3 Å². The monoisotopic (exact) mass is 562 g/mol. The molecule has 0 aliphatic carbocycles. The molecule has 0 unspecified atom stereocenters. The van der Waals surface area contributed by atoms with Crippen molar-refractivity contribution < 1.29 is 18.6 Å². The van der Waals surface area contributed by atoms with Crippen LogP contribution in [0.15, 0.2) is 6.07 Å². The molecule has 0 aliphatic heterocycles.